The summed E-state index contributed by atoms with van der Waals surface area (Å²) in [4.78, 5) is 3.04. The van der Waals surface area contributed by atoms with Crippen molar-refractivity contribution in [3.05, 3.63) is 12.7 Å². The molecule has 0 aromatic heterocycles. The average molecular weight is 484 g/mol. The van der Waals surface area contributed by atoms with E-state index in [2.05, 4.69) is 66.9 Å². The summed E-state index contributed by atoms with van der Waals surface area (Å²) in [5.41, 5.74) is 0.894. The molecule has 202 valence electrons. The first kappa shape index (κ1) is 29.3. The van der Waals surface area contributed by atoms with Crippen molar-refractivity contribution in [3.8, 4) is 0 Å². The van der Waals surface area contributed by atoms with Gasteiger partial charge in [0.15, 0.2) is 0 Å². The van der Waals surface area contributed by atoms with E-state index in [1.54, 1.807) is 0 Å². The molecule has 1 saturated carbocycles. The molecule has 0 radical (unpaired) electrons. The molecule has 5 atom stereocenters. The lowest BCUT2D eigenvalue weighted by Crippen LogP contribution is -2.68. The van der Waals surface area contributed by atoms with Gasteiger partial charge in [-0.15, -0.1) is 6.58 Å². The normalized spacial score (nSPS) is 40.5. The van der Waals surface area contributed by atoms with Crippen molar-refractivity contribution in [1.82, 2.24) is 4.90 Å². The molecule has 0 amide bonds. The minimum absolute atomic E-state index is 0.181. The first-order valence-corrected chi connectivity index (χ1v) is 15.8. The highest BCUT2D eigenvalue weighted by atomic mass is 15.2. The number of hydrogen-bond donors (Lipinski definition) is 0. The average Bonchev–Trinajstić information content (AvgIpc) is 2.80. The molecule has 0 aromatic rings. The van der Waals surface area contributed by atoms with Crippen LogP contribution in [0.1, 0.15) is 151 Å². The third-order valence-electron chi connectivity index (χ3n) is 11.5. The summed E-state index contributed by atoms with van der Waals surface area (Å²) in [6.07, 6.45) is 26.5. The maximum absolute atomic E-state index is 4.53. The molecule has 1 aliphatic carbocycles. The van der Waals surface area contributed by atoms with Gasteiger partial charge in [0.25, 0.3) is 0 Å². The van der Waals surface area contributed by atoms with Crippen molar-refractivity contribution in [2.45, 2.75) is 168 Å². The van der Waals surface area contributed by atoms with Crippen LogP contribution in [0.5, 0.6) is 0 Å². The molecule has 0 spiro atoms. The van der Waals surface area contributed by atoms with Gasteiger partial charge in [-0.1, -0.05) is 110 Å². The maximum Gasteiger partial charge on any atom is 0.109 e. The lowest BCUT2D eigenvalue weighted by atomic mass is 9.53. The van der Waals surface area contributed by atoms with Gasteiger partial charge in [0.05, 0.1) is 0 Å². The Balaban J connectivity index is 1.92. The number of piperidine rings is 1. The topological polar surface area (TPSA) is 3.24 Å². The summed E-state index contributed by atoms with van der Waals surface area (Å²) in [5.74, 6) is 1.63. The molecule has 1 nitrogen and oxygen atoms in total. The molecule has 35 heavy (non-hydrogen) atoms. The summed E-state index contributed by atoms with van der Waals surface area (Å²) in [7, 11) is 2.52. The fourth-order valence-corrected chi connectivity index (χ4v) is 8.64. The Labute approximate surface area is 222 Å². The Morgan fingerprint density at radius 1 is 0.686 bits per heavy atom. The molecule has 2 heteroatoms. The van der Waals surface area contributed by atoms with Crippen LogP contribution in [0.2, 0.25) is 5.31 Å². The second kappa shape index (κ2) is 12.1. The molecule has 0 aromatic carbocycles. The predicted molar refractivity (Wildman–Crippen MR) is 159 cm³/mol. The number of fused-ring (bicyclic) bond motifs is 3. The Morgan fingerprint density at radius 2 is 1.23 bits per heavy atom. The fourth-order valence-electron chi connectivity index (χ4n) is 8.64. The van der Waals surface area contributed by atoms with E-state index in [1.165, 1.54) is 116 Å². The molecule has 3 aliphatic rings. The van der Waals surface area contributed by atoms with Crippen molar-refractivity contribution in [2.75, 3.05) is 6.54 Å². The van der Waals surface area contributed by atoms with E-state index >= 15 is 0 Å². The van der Waals surface area contributed by atoms with E-state index in [0.717, 1.165) is 17.9 Å². The Morgan fingerprint density at radius 3 is 1.86 bits per heavy atom. The number of rotatable bonds is 1. The summed E-state index contributed by atoms with van der Waals surface area (Å²) in [5, 5.41) is 0.540. The minimum Gasteiger partial charge on any atom is -0.294 e. The van der Waals surface area contributed by atoms with Gasteiger partial charge in [-0.3, -0.25) is 4.90 Å². The van der Waals surface area contributed by atoms with Gasteiger partial charge in [0.1, 0.15) is 7.85 Å². The van der Waals surface area contributed by atoms with Gasteiger partial charge in [-0.25, -0.2) is 0 Å². The van der Waals surface area contributed by atoms with Crippen molar-refractivity contribution < 1.29 is 0 Å². The first-order chi connectivity index (χ1) is 16.4. The van der Waals surface area contributed by atoms with E-state index in [1.807, 2.05) is 0 Å². The molecule has 2 saturated heterocycles. The fraction of sp³-hybridized carbons (Fsp3) is 0.939. The maximum atomic E-state index is 4.53. The molecular weight excluding hydrogens is 421 g/mol. The number of nitrogens with zero attached hydrogens (tertiary/aromatic N) is 1. The molecule has 3 fully saturated rings. The van der Waals surface area contributed by atoms with Gasteiger partial charge in [0.2, 0.25) is 0 Å². The van der Waals surface area contributed by atoms with Crippen LogP contribution in [0, 0.1) is 22.7 Å². The highest BCUT2D eigenvalue weighted by Gasteiger charge is 2.57. The lowest BCUT2D eigenvalue weighted by Gasteiger charge is -2.64. The van der Waals surface area contributed by atoms with Crippen LogP contribution in [-0.4, -0.2) is 30.9 Å². The van der Waals surface area contributed by atoms with E-state index in [-0.39, 0.29) is 11.0 Å². The second-order valence-corrected chi connectivity index (χ2v) is 15.3. The van der Waals surface area contributed by atoms with Gasteiger partial charge < -0.3 is 0 Å². The van der Waals surface area contributed by atoms with Crippen LogP contribution in [0.25, 0.3) is 0 Å². The molecule has 3 rings (SSSR count). The number of hydrogen-bond acceptors (Lipinski definition) is 1. The molecule has 0 N–H and O–H groups in total. The van der Waals surface area contributed by atoms with E-state index in [0.29, 0.717) is 10.7 Å². The monoisotopic (exact) mass is 483 g/mol. The first-order valence-electron chi connectivity index (χ1n) is 15.8. The van der Waals surface area contributed by atoms with Crippen LogP contribution in [0.3, 0.4) is 0 Å². The van der Waals surface area contributed by atoms with E-state index < -0.39 is 0 Å². The SMILES string of the molecule is BC1(C)CCCCCC2C3CCCCC(C)(C)CCCCN3C(C)(C)C(C)(C=C)C2CCCCC1. The molecule has 5 unspecified atom stereocenters. The smallest absolute Gasteiger partial charge is 0.109 e. The van der Waals surface area contributed by atoms with Crippen molar-refractivity contribution in [2.24, 2.45) is 22.7 Å². The van der Waals surface area contributed by atoms with Crippen LogP contribution in [0.15, 0.2) is 12.7 Å². The summed E-state index contributed by atoms with van der Waals surface area (Å²) in [6, 6.07) is 0.769. The molecule has 2 aliphatic heterocycles. The quantitative estimate of drug-likeness (QED) is 0.265. The van der Waals surface area contributed by atoms with Crippen molar-refractivity contribution >= 4 is 7.85 Å². The highest BCUT2D eigenvalue weighted by Crippen LogP contribution is 2.57. The molecule has 0 bridgehead atoms. The highest BCUT2D eigenvalue weighted by molar-refractivity contribution is 6.14. The van der Waals surface area contributed by atoms with Crippen LogP contribution in [-0.2, 0) is 0 Å². The zero-order valence-electron chi connectivity index (χ0n) is 25.2. The zero-order chi connectivity index (χ0) is 25.7. The van der Waals surface area contributed by atoms with E-state index in [4.69, 9.17) is 0 Å². The van der Waals surface area contributed by atoms with Crippen LogP contribution in [0.4, 0.5) is 0 Å². The van der Waals surface area contributed by atoms with Gasteiger partial charge in [-0.2, -0.15) is 0 Å². The van der Waals surface area contributed by atoms with Crippen molar-refractivity contribution in [3.63, 3.8) is 0 Å². The Hall–Kier alpha value is -0.235. The third kappa shape index (κ3) is 7.00. The largest absolute Gasteiger partial charge is 0.294 e. The van der Waals surface area contributed by atoms with Crippen LogP contribution < -0.4 is 0 Å². The summed E-state index contributed by atoms with van der Waals surface area (Å²) >= 11 is 0. The van der Waals surface area contributed by atoms with Crippen molar-refractivity contribution in [1.29, 1.82) is 0 Å². The third-order valence-corrected chi connectivity index (χ3v) is 11.5. The van der Waals surface area contributed by atoms with Gasteiger partial charge in [-0.05, 0) is 76.2 Å². The Bertz CT molecular complexity index is 664. The lowest BCUT2D eigenvalue weighted by molar-refractivity contribution is -0.132. The zero-order valence-corrected chi connectivity index (χ0v) is 25.2. The summed E-state index contributed by atoms with van der Waals surface area (Å²) < 4.78 is 0. The molecular formula is C33H62BN. The van der Waals surface area contributed by atoms with E-state index in [9.17, 15) is 0 Å². The van der Waals surface area contributed by atoms with Gasteiger partial charge in [0, 0.05) is 17.0 Å². The molecule has 2 heterocycles. The Kier molecular flexibility index (Phi) is 10.1. The predicted octanol–water partition coefficient (Wildman–Crippen LogP) is 9.37. The standard InChI is InChI=1S/C33H62BN/c1-8-33(7)28-20-12-10-15-25-32(6,34)24-14-9-11-19-27(28)29-21-13-16-22-30(2,3)23-17-18-26-35(29)31(33,4)5/h8,27-29H,1,9-26,34H2,2-7H3. The summed E-state index contributed by atoms with van der Waals surface area (Å²) in [6.45, 7) is 21.1. The minimum atomic E-state index is 0.181. The van der Waals surface area contributed by atoms with Crippen LogP contribution >= 0.6 is 0 Å². The second-order valence-electron chi connectivity index (χ2n) is 15.3. The van der Waals surface area contributed by atoms with Gasteiger partial charge >= 0.3 is 0 Å².